The maximum Gasteiger partial charge on any atom is 0.337 e. The highest BCUT2D eigenvalue weighted by atomic mass is 35.5. The largest absolute Gasteiger partial charge is 0.478 e. The summed E-state index contributed by atoms with van der Waals surface area (Å²) in [5.41, 5.74) is 1.69. The fraction of sp³-hybridized carbons (Fsp3) is 0.238. The number of carboxylic acid groups (broad SMARTS) is 1. The second-order valence-electron chi connectivity index (χ2n) is 7.29. The van der Waals surface area contributed by atoms with E-state index in [2.05, 4.69) is 15.6 Å². The molecule has 11 heteroatoms. The third-order valence-electron chi connectivity index (χ3n) is 5.11. The van der Waals surface area contributed by atoms with Gasteiger partial charge < -0.3 is 15.7 Å². The van der Waals surface area contributed by atoms with E-state index in [-0.39, 0.29) is 26.9 Å². The van der Waals surface area contributed by atoms with Crippen molar-refractivity contribution in [2.24, 2.45) is 0 Å². The molecule has 1 fully saturated rings. The molecule has 0 amide bonds. The Morgan fingerprint density at radius 1 is 1.25 bits per heavy atom. The fourth-order valence-corrected chi connectivity index (χ4v) is 7.37. The molecular formula is C21H19Cl2N3O4S2. The third kappa shape index (κ3) is 4.40. The summed E-state index contributed by atoms with van der Waals surface area (Å²) in [5, 5.41) is 16.9. The summed E-state index contributed by atoms with van der Waals surface area (Å²) >= 11 is 13.6. The minimum atomic E-state index is -3.81. The zero-order valence-electron chi connectivity index (χ0n) is 16.9. The van der Waals surface area contributed by atoms with Gasteiger partial charge in [-0.2, -0.15) is 0 Å². The number of carboxylic acids is 1. The Morgan fingerprint density at radius 2 is 2.03 bits per heavy atom. The van der Waals surface area contributed by atoms with Crippen molar-refractivity contribution in [2.45, 2.75) is 16.4 Å². The smallest absolute Gasteiger partial charge is 0.337 e. The number of aromatic carboxylic acids is 1. The van der Waals surface area contributed by atoms with Crippen molar-refractivity contribution in [3.05, 3.63) is 57.7 Å². The number of pyridine rings is 1. The van der Waals surface area contributed by atoms with Crippen molar-refractivity contribution in [3.8, 4) is 0 Å². The van der Waals surface area contributed by atoms with Crippen LogP contribution >= 0.6 is 35.0 Å². The first kappa shape index (κ1) is 23.1. The molecule has 7 nitrogen and oxygen atoms in total. The number of hydrogen-bond acceptors (Lipinski definition) is 7. The van der Waals surface area contributed by atoms with E-state index in [9.17, 15) is 18.3 Å². The number of anilines is 2. The van der Waals surface area contributed by atoms with Crippen molar-refractivity contribution in [1.29, 1.82) is 0 Å². The van der Waals surface area contributed by atoms with Gasteiger partial charge in [-0.15, -0.1) is 11.8 Å². The summed E-state index contributed by atoms with van der Waals surface area (Å²) in [6, 6.07) is 7.71. The maximum absolute atomic E-state index is 13.6. The molecule has 0 spiro atoms. The number of nitrogens with one attached hydrogen (secondary N) is 2. The molecule has 2 heterocycles. The molecule has 168 valence electrons. The second kappa shape index (κ2) is 9.07. The molecule has 1 saturated heterocycles. The normalized spacial score (nSPS) is 16.8. The van der Waals surface area contributed by atoms with Gasteiger partial charge in [0, 0.05) is 40.5 Å². The zero-order chi connectivity index (χ0) is 23.0. The number of rotatable bonds is 5. The number of carbonyl (C=O) groups is 1. The number of sulfone groups is 1. The molecule has 0 bridgehead atoms. The van der Waals surface area contributed by atoms with Gasteiger partial charge in [0.2, 0.25) is 0 Å². The van der Waals surface area contributed by atoms with E-state index in [1.54, 1.807) is 12.1 Å². The molecule has 3 aromatic rings. The maximum atomic E-state index is 13.6. The Labute approximate surface area is 199 Å². The molecule has 32 heavy (non-hydrogen) atoms. The van der Waals surface area contributed by atoms with E-state index in [0.717, 1.165) is 12.1 Å². The summed E-state index contributed by atoms with van der Waals surface area (Å²) in [6.07, 6.45) is 1.33. The summed E-state index contributed by atoms with van der Waals surface area (Å²) < 4.78 is 26.5. The lowest BCUT2D eigenvalue weighted by Gasteiger charge is -2.24. The summed E-state index contributed by atoms with van der Waals surface area (Å²) in [7, 11) is -3.81. The highest BCUT2D eigenvalue weighted by Gasteiger charge is 2.33. The topological polar surface area (TPSA) is 108 Å². The van der Waals surface area contributed by atoms with Crippen LogP contribution in [0.15, 0.2) is 41.4 Å². The van der Waals surface area contributed by atoms with Gasteiger partial charge in [0.05, 0.1) is 22.5 Å². The Balaban J connectivity index is 1.97. The molecule has 3 N–H and O–H groups in total. The predicted molar refractivity (Wildman–Crippen MR) is 129 cm³/mol. The molecule has 1 aromatic heterocycles. The first-order chi connectivity index (χ1) is 15.2. The summed E-state index contributed by atoms with van der Waals surface area (Å²) in [4.78, 5) is 16.2. The lowest BCUT2D eigenvalue weighted by molar-refractivity contribution is 0.0698. The van der Waals surface area contributed by atoms with Crippen LogP contribution in [0.1, 0.15) is 15.9 Å². The Kier molecular flexibility index (Phi) is 6.56. The third-order valence-corrected chi connectivity index (χ3v) is 9.49. The number of thioether (sulfide) groups is 1. The van der Waals surface area contributed by atoms with E-state index in [1.165, 1.54) is 36.2 Å². The van der Waals surface area contributed by atoms with E-state index in [1.807, 2.05) is 6.92 Å². The SMILES string of the molecule is Cc1cc(Cl)cc2c(Nc3ccc(Cl)cc3C(=O)O)c(S(=O)(=O)C3CNCCS3)cnc12. The first-order valence-electron chi connectivity index (χ1n) is 9.63. The summed E-state index contributed by atoms with van der Waals surface area (Å²) in [5.74, 6) is -0.530. The van der Waals surface area contributed by atoms with Crippen molar-refractivity contribution >= 4 is 73.0 Å². The van der Waals surface area contributed by atoms with Crippen molar-refractivity contribution in [2.75, 3.05) is 24.2 Å². The van der Waals surface area contributed by atoms with Gasteiger partial charge in [-0.1, -0.05) is 23.2 Å². The number of halogens is 2. The van der Waals surface area contributed by atoms with Crippen LogP contribution in [0.5, 0.6) is 0 Å². The molecular weight excluding hydrogens is 493 g/mol. The van der Waals surface area contributed by atoms with Crippen LogP contribution in [0.4, 0.5) is 11.4 Å². The highest BCUT2D eigenvalue weighted by molar-refractivity contribution is 8.13. The van der Waals surface area contributed by atoms with Crippen molar-refractivity contribution in [1.82, 2.24) is 10.3 Å². The average Bonchev–Trinajstić information content (AvgIpc) is 2.75. The van der Waals surface area contributed by atoms with Crippen LogP contribution in [0.2, 0.25) is 10.0 Å². The zero-order valence-corrected chi connectivity index (χ0v) is 20.0. The van der Waals surface area contributed by atoms with Crippen LogP contribution < -0.4 is 10.6 Å². The second-order valence-corrected chi connectivity index (χ2v) is 11.9. The van der Waals surface area contributed by atoms with E-state index in [4.69, 9.17) is 23.2 Å². The molecule has 1 aliphatic rings. The van der Waals surface area contributed by atoms with Crippen LogP contribution in [0.3, 0.4) is 0 Å². The van der Waals surface area contributed by atoms with Crippen LogP contribution in [0, 0.1) is 6.92 Å². The molecule has 2 aromatic carbocycles. The average molecular weight is 512 g/mol. The first-order valence-corrected chi connectivity index (χ1v) is 13.0. The number of aryl methyl sites for hydroxylation is 1. The number of fused-ring (bicyclic) bond motifs is 1. The van der Waals surface area contributed by atoms with Gasteiger partial charge in [-0.25, -0.2) is 13.2 Å². The van der Waals surface area contributed by atoms with Crippen molar-refractivity contribution in [3.63, 3.8) is 0 Å². The van der Waals surface area contributed by atoms with Crippen LogP contribution in [-0.2, 0) is 9.84 Å². The fourth-order valence-electron chi connectivity index (χ4n) is 3.58. The lowest BCUT2D eigenvalue weighted by Crippen LogP contribution is -2.37. The van der Waals surface area contributed by atoms with Gasteiger partial charge in [-0.05, 0) is 42.8 Å². The highest BCUT2D eigenvalue weighted by Crippen LogP contribution is 2.39. The van der Waals surface area contributed by atoms with Gasteiger partial charge >= 0.3 is 5.97 Å². The number of aromatic nitrogens is 1. The standard InChI is InChI=1S/C21H19Cl2N3O4S2/c1-11-6-13(23)8-15-19(11)25-9-17(32(29,30)18-10-24-4-5-31-18)20(15)26-16-3-2-12(22)7-14(16)21(27)28/h2-3,6-9,18,24H,4-5,10H2,1H3,(H,25,26)(H,27,28). The minimum absolute atomic E-state index is 0.0147. The van der Waals surface area contributed by atoms with Gasteiger partial charge in [0.15, 0.2) is 9.84 Å². The van der Waals surface area contributed by atoms with E-state index >= 15 is 0 Å². The molecule has 0 aliphatic carbocycles. The molecule has 0 radical (unpaired) electrons. The van der Waals surface area contributed by atoms with Crippen LogP contribution in [0.25, 0.3) is 10.9 Å². The Hall–Kier alpha value is -2.04. The number of benzene rings is 2. The molecule has 4 rings (SSSR count). The minimum Gasteiger partial charge on any atom is -0.478 e. The number of nitrogens with zero attached hydrogens (tertiary/aromatic N) is 1. The summed E-state index contributed by atoms with van der Waals surface area (Å²) in [6.45, 7) is 2.87. The Bertz CT molecular complexity index is 1330. The predicted octanol–water partition coefficient (Wildman–Crippen LogP) is 4.73. The monoisotopic (exact) mass is 511 g/mol. The number of hydrogen-bond donors (Lipinski definition) is 3. The van der Waals surface area contributed by atoms with Gasteiger partial charge in [0.25, 0.3) is 0 Å². The molecule has 1 unspecified atom stereocenters. The molecule has 1 atom stereocenters. The van der Waals surface area contributed by atoms with E-state index in [0.29, 0.717) is 28.2 Å². The van der Waals surface area contributed by atoms with E-state index < -0.39 is 20.4 Å². The van der Waals surface area contributed by atoms with Crippen LogP contribution in [-0.4, -0.2) is 47.9 Å². The molecule has 0 saturated carbocycles. The lowest BCUT2D eigenvalue weighted by atomic mass is 10.1. The molecule has 1 aliphatic heterocycles. The van der Waals surface area contributed by atoms with Gasteiger partial charge in [-0.3, -0.25) is 4.98 Å². The Morgan fingerprint density at radius 3 is 2.72 bits per heavy atom. The van der Waals surface area contributed by atoms with Crippen molar-refractivity contribution < 1.29 is 18.3 Å². The quantitative estimate of drug-likeness (QED) is 0.451. The van der Waals surface area contributed by atoms with Gasteiger partial charge in [0.1, 0.15) is 9.48 Å².